The highest BCUT2D eigenvalue weighted by Crippen LogP contribution is 2.37. The van der Waals surface area contributed by atoms with Crippen LogP contribution in [0, 0.1) is 24.7 Å². The molecule has 2 aromatic rings. The van der Waals surface area contributed by atoms with Gasteiger partial charge in [-0.15, -0.1) is 0 Å². The van der Waals surface area contributed by atoms with Crippen molar-refractivity contribution in [1.29, 1.82) is 0 Å². The monoisotopic (exact) mass is 1340 g/mol. The Labute approximate surface area is 556 Å². The van der Waals surface area contributed by atoms with Crippen LogP contribution in [0.1, 0.15) is 153 Å². The summed E-state index contributed by atoms with van der Waals surface area (Å²) in [6.07, 6.45) is 1.19. The Balaban J connectivity index is 1.39. The molecule has 2 heterocycles. The molecule has 2 saturated carbocycles. The van der Waals surface area contributed by atoms with Gasteiger partial charge in [0.2, 0.25) is 65.0 Å². The minimum Gasteiger partial charge on any atom is -0.351 e. The zero-order valence-electron chi connectivity index (χ0n) is 56.8. The van der Waals surface area contributed by atoms with Crippen LogP contribution in [0.4, 0.5) is 13.2 Å². The number of hydrogen-bond donors (Lipinski definition) is 4. The molecule has 1 spiro atoms. The Morgan fingerprint density at radius 3 is 1.85 bits per heavy atom. The molecule has 94 heavy (non-hydrogen) atoms. The first-order valence-electron chi connectivity index (χ1n) is 33.1. The zero-order chi connectivity index (χ0) is 69.7. The summed E-state index contributed by atoms with van der Waals surface area (Å²) in [5, 5.41) is 11.1. The fraction of sp³-hybridized carbons (Fsp3) is 0.662. The second-order valence-corrected chi connectivity index (χ2v) is 27.6. The SMILES string of the molecule is CC[C@H](C)[C@@H]1NC(=O)[C@H](CC(C)C)N(C)C(=O)C[C@@H](C)NC(=O)[C@H](C2CCCCC2)N(C)C(=O)C2(CCCC2)NC(=O)[C@@H]2CCCN2C(=O)[C@H](CCc2ccc(C(F)(F)F)c(Cl)c2)NC(=O)CN(C)C(=O)[C@H](Cc2ccc(C)cc2)N(C)C(=O)CN(C)C(=O)CN(C)C1=O. The number of hydrogen-bond acceptors (Lipinski definition) is 11. The number of carbonyl (C=O) groups excluding carboxylic acids is 11. The molecule has 11 amide bonds. The summed E-state index contributed by atoms with van der Waals surface area (Å²) in [6.45, 7) is 9.24. The number of halogens is 4. The molecule has 4 N–H and O–H groups in total. The molecule has 0 radical (unpaired) electrons. The first kappa shape index (κ1) is 75.7. The molecular formula is C68H99ClF3N11O11. The van der Waals surface area contributed by atoms with Gasteiger partial charge in [0.25, 0.3) is 0 Å². The van der Waals surface area contributed by atoms with Gasteiger partial charge < -0.3 is 55.6 Å². The number of amides is 11. The van der Waals surface area contributed by atoms with Crippen LogP contribution in [0.25, 0.3) is 0 Å². The molecule has 2 saturated heterocycles. The van der Waals surface area contributed by atoms with E-state index in [1.807, 2.05) is 39.8 Å². The molecule has 6 rings (SSSR count). The van der Waals surface area contributed by atoms with Gasteiger partial charge in [0.05, 0.1) is 30.2 Å². The topological polar surface area (TPSA) is 259 Å². The highest BCUT2D eigenvalue weighted by Gasteiger charge is 2.50. The van der Waals surface area contributed by atoms with Gasteiger partial charge in [-0.2, -0.15) is 13.2 Å². The summed E-state index contributed by atoms with van der Waals surface area (Å²) < 4.78 is 41.4. The van der Waals surface area contributed by atoms with Crippen molar-refractivity contribution in [2.45, 2.75) is 205 Å². The minimum absolute atomic E-state index is 0.0408. The first-order chi connectivity index (χ1) is 44.2. The van der Waals surface area contributed by atoms with Crippen molar-refractivity contribution in [3.05, 3.63) is 69.7 Å². The average molecular weight is 1340 g/mol. The lowest BCUT2D eigenvalue weighted by Crippen LogP contribution is -2.64. The third-order valence-corrected chi connectivity index (χ3v) is 19.7. The molecular weight excluding hydrogens is 1240 g/mol. The zero-order valence-corrected chi connectivity index (χ0v) is 57.6. The van der Waals surface area contributed by atoms with Crippen molar-refractivity contribution < 1.29 is 65.9 Å². The summed E-state index contributed by atoms with van der Waals surface area (Å²) in [6, 6.07) is 2.50. The lowest BCUT2D eigenvalue weighted by atomic mass is 9.82. The second-order valence-electron chi connectivity index (χ2n) is 27.2. The number of aryl methyl sites for hydroxylation is 2. The van der Waals surface area contributed by atoms with Gasteiger partial charge >= 0.3 is 6.18 Å². The van der Waals surface area contributed by atoms with E-state index in [1.54, 1.807) is 33.0 Å². The third kappa shape index (κ3) is 19.4. The molecule has 4 aliphatic rings. The maximum atomic E-state index is 15.3. The van der Waals surface area contributed by atoms with E-state index in [1.165, 1.54) is 56.0 Å². The van der Waals surface area contributed by atoms with Crippen LogP contribution in [-0.2, 0) is 71.8 Å². The molecule has 8 atom stereocenters. The fourth-order valence-electron chi connectivity index (χ4n) is 13.4. The Morgan fingerprint density at radius 2 is 1.24 bits per heavy atom. The fourth-order valence-corrected chi connectivity index (χ4v) is 13.8. The van der Waals surface area contributed by atoms with E-state index in [-0.39, 0.29) is 69.7 Å². The predicted octanol–water partition coefficient (Wildman–Crippen LogP) is 5.67. The molecule has 26 heteroatoms. The lowest BCUT2D eigenvalue weighted by Gasteiger charge is -2.41. The van der Waals surface area contributed by atoms with E-state index in [0.717, 1.165) is 56.6 Å². The van der Waals surface area contributed by atoms with Crippen molar-refractivity contribution in [3.8, 4) is 0 Å². The molecule has 0 unspecified atom stereocenters. The van der Waals surface area contributed by atoms with Crippen LogP contribution >= 0.6 is 11.6 Å². The first-order valence-corrected chi connectivity index (χ1v) is 33.5. The van der Waals surface area contributed by atoms with Crippen molar-refractivity contribution >= 4 is 76.6 Å². The molecule has 4 fully saturated rings. The van der Waals surface area contributed by atoms with Crippen molar-refractivity contribution in [2.75, 3.05) is 68.5 Å². The van der Waals surface area contributed by atoms with Crippen LogP contribution in [0.5, 0.6) is 0 Å². The van der Waals surface area contributed by atoms with Gasteiger partial charge in [0.15, 0.2) is 0 Å². The molecule has 520 valence electrons. The standard InChI is InChI=1S/C68H99ClF3N11O11/c1-13-43(5)58-65(93)79(9)39-56(86)77(7)40-57(87)81(11)53(37-46-25-23-42(4)24-26-46)64(92)78(8)38-54(84)74-50(30-28-45-27-29-48(49(69)36-45)68(70,71)72)63(91)83-33-19-22-51(83)61(89)76-67(31-17-18-32-67)66(94)82(12)59(47-20-15-14-16-21-47)62(90)73-44(6)35-55(85)80(10)52(34-41(2)3)60(88)75-58/h23-27,29,36,41,43-44,47,50-53,58-59H,13-22,28,30-35,37-40H2,1-12H3,(H,73,90)(H,74,84)(H,75,88)(H,76,89)/t43-,44+,50-,51-,52-,53-,58-,59-/m0/s1. The summed E-state index contributed by atoms with van der Waals surface area (Å²) in [7, 11) is 8.50. The summed E-state index contributed by atoms with van der Waals surface area (Å²) >= 11 is 6.13. The van der Waals surface area contributed by atoms with Gasteiger partial charge in [0.1, 0.15) is 41.8 Å². The Bertz CT molecular complexity index is 3070. The molecule has 0 aromatic heterocycles. The van der Waals surface area contributed by atoms with Gasteiger partial charge in [-0.05, 0) is 113 Å². The van der Waals surface area contributed by atoms with E-state index in [9.17, 15) is 56.3 Å². The van der Waals surface area contributed by atoms with E-state index in [0.29, 0.717) is 49.7 Å². The van der Waals surface area contributed by atoms with E-state index in [4.69, 9.17) is 11.6 Å². The minimum atomic E-state index is -4.75. The third-order valence-electron chi connectivity index (χ3n) is 19.4. The van der Waals surface area contributed by atoms with E-state index >= 15 is 9.59 Å². The van der Waals surface area contributed by atoms with Crippen LogP contribution in [0.15, 0.2) is 42.5 Å². The van der Waals surface area contributed by atoms with Gasteiger partial charge in [-0.25, -0.2) is 0 Å². The Hall–Kier alpha value is -7.31. The number of likely N-dealkylation sites (N-methyl/N-ethyl adjacent to an activating group) is 6. The molecule has 0 bridgehead atoms. The smallest absolute Gasteiger partial charge is 0.351 e. The second kappa shape index (κ2) is 33.4. The van der Waals surface area contributed by atoms with Crippen molar-refractivity contribution in [1.82, 2.24) is 55.6 Å². The molecule has 2 aliphatic carbocycles. The summed E-state index contributed by atoms with van der Waals surface area (Å²) in [5.41, 5.74) is -0.692. The van der Waals surface area contributed by atoms with Crippen LogP contribution in [-0.4, -0.2) is 216 Å². The number of nitrogens with one attached hydrogen (secondary N) is 4. The number of alkyl halides is 3. The number of fused-ring (bicyclic) bond motifs is 1. The maximum absolute atomic E-state index is 15.3. The average Bonchev–Trinajstić information content (AvgIpc) is 1.33. The largest absolute Gasteiger partial charge is 0.417 e. The van der Waals surface area contributed by atoms with E-state index in [2.05, 4.69) is 21.3 Å². The van der Waals surface area contributed by atoms with Gasteiger partial charge in [-0.1, -0.05) is 114 Å². The maximum Gasteiger partial charge on any atom is 0.417 e. The number of carbonyl (C=O) groups is 11. The normalized spacial score (nSPS) is 25.6. The van der Waals surface area contributed by atoms with Crippen LogP contribution in [0.2, 0.25) is 5.02 Å². The quantitative estimate of drug-likeness (QED) is 0.225. The molecule has 2 aromatic carbocycles. The predicted molar refractivity (Wildman–Crippen MR) is 348 cm³/mol. The summed E-state index contributed by atoms with van der Waals surface area (Å²) in [4.78, 5) is 169. The Kier molecular flexibility index (Phi) is 26.9. The van der Waals surface area contributed by atoms with Crippen molar-refractivity contribution in [3.63, 3.8) is 0 Å². The Morgan fingerprint density at radius 1 is 0.638 bits per heavy atom. The number of nitrogens with zero attached hydrogens (tertiary/aromatic N) is 7. The lowest BCUT2D eigenvalue weighted by molar-refractivity contribution is -0.150. The highest BCUT2D eigenvalue weighted by atomic mass is 35.5. The molecule has 2 aliphatic heterocycles. The summed E-state index contributed by atoms with van der Waals surface area (Å²) in [5.74, 6) is -7.76. The number of rotatable bonds is 10. The van der Waals surface area contributed by atoms with Gasteiger partial charge in [0, 0.05) is 67.7 Å². The van der Waals surface area contributed by atoms with Crippen LogP contribution in [0.3, 0.4) is 0 Å². The number of benzene rings is 2. The van der Waals surface area contributed by atoms with Crippen LogP contribution < -0.4 is 21.3 Å². The molecule has 22 nitrogen and oxygen atoms in total. The van der Waals surface area contributed by atoms with E-state index < -0.39 is 155 Å². The highest BCUT2D eigenvalue weighted by molar-refractivity contribution is 6.31. The van der Waals surface area contributed by atoms with Crippen molar-refractivity contribution in [2.24, 2.45) is 17.8 Å². The van der Waals surface area contributed by atoms with Gasteiger partial charge in [-0.3, -0.25) is 52.7 Å².